The van der Waals surface area contributed by atoms with Gasteiger partial charge in [-0.25, -0.2) is 0 Å². The fraction of sp³-hybridized carbons (Fsp3) is 0.308. The number of aldehydes is 1. The zero-order valence-corrected chi connectivity index (χ0v) is 9.49. The van der Waals surface area contributed by atoms with E-state index in [1.165, 1.54) is 0 Å². The molecule has 0 fully saturated rings. The van der Waals surface area contributed by atoms with Crippen molar-refractivity contribution in [1.82, 2.24) is 0 Å². The van der Waals surface area contributed by atoms with Crippen LogP contribution in [0.5, 0.6) is 0 Å². The highest BCUT2D eigenvalue weighted by atomic mass is 16.6. The van der Waals surface area contributed by atoms with Crippen LogP contribution in [0.2, 0.25) is 0 Å². The van der Waals surface area contributed by atoms with Crippen molar-refractivity contribution in [3.63, 3.8) is 0 Å². The van der Waals surface area contributed by atoms with Crippen LogP contribution in [0.25, 0.3) is 0 Å². The Hall–Kier alpha value is -1.97. The van der Waals surface area contributed by atoms with Crippen molar-refractivity contribution in [3.05, 3.63) is 58.7 Å². The number of nitrogens with zero attached hydrogens (tertiary/aromatic N) is 1. The molecule has 4 nitrogen and oxygen atoms in total. The van der Waals surface area contributed by atoms with E-state index in [1.54, 1.807) is 6.08 Å². The predicted molar refractivity (Wildman–Crippen MR) is 65.4 cm³/mol. The van der Waals surface area contributed by atoms with Crippen LogP contribution in [0.15, 0.2) is 43.0 Å². The van der Waals surface area contributed by atoms with Crippen LogP contribution >= 0.6 is 0 Å². The normalized spacial score (nSPS) is 13.6. The molecule has 0 saturated heterocycles. The van der Waals surface area contributed by atoms with Crippen molar-refractivity contribution >= 4 is 6.29 Å². The Morgan fingerprint density at radius 1 is 1.35 bits per heavy atom. The van der Waals surface area contributed by atoms with Crippen molar-refractivity contribution < 1.29 is 9.72 Å². The van der Waals surface area contributed by atoms with E-state index in [4.69, 9.17) is 0 Å². The molecule has 0 radical (unpaired) electrons. The van der Waals surface area contributed by atoms with Crippen LogP contribution in [-0.2, 0) is 4.79 Å². The fourth-order valence-corrected chi connectivity index (χ4v) is 1.86. The molecule has 2 atom stereocenters. The average Bonchev–Trinajstić information content (AvgIpc) is 2.34. The highest BCUT2D eigenvalue weighted by Gasteiger charge is 2.26. The van der Waals surface area contributed by atoms with Gasteiger partial charge < -0.3 is 4.79 Å². The molecule has 0 aliphatic heterocycles. The molecule has 0 bridgehead atoms. The van der Waals surface area contributed by atoms with Crippen LogP contribution in [0, 0.1) is 16.0 Å². The molecule has 1 rings (SSSR count). The Bertz CT molecular complexity index is 389. The summed E-state index contributed by atoms with van der Waals surface area (Å²) in [5.74, 6) is -0.776. The van der Waals surface area contributed by atoms with Gasteiger partial charge in [0.05, 0.1) is 5.92 Å². The summed E-state index contributed by atoms with van der Waals surface area (Å²) in [5, 5.41) is 10.7. The van der Waals surface area contributed by atoms with Crippen LogP contribution in [0.4, 0.5) is 0 Å². The van der Waals surface area contributed by atoms with Crippen LogP contribution in [-0.4, -0.2) is 17.8 Å². The molecule has 1 aromatic rings. The topological polar surface area (TPSA) is 60.2 Å². The fourth-order valence-electron chi connectivity index (χ4n) is 1.86. The Morgan fingerprint density at radius 2 is 2.00 bits per heavy atom. The summed E-state index contributed by atoms with van der Waals surface area (Å²) in [4.78, 5) is 21.3. The smallest absolute Gasteiger partial charge is 0.211 e. The lowest BCUT2D eigenvalue weighted by atomic mass is 9.85. The van der Waals surface area contributed by atoms with Gasteiger partial charge in [-0.05, 0) is 12.0 Å². The molecule has 0 saturated carbocycles. The predicted octanol–water partition coefficient (Wildman–Crippen LogP) is 2.44. The van der Waals surface area contributed by atoms with Gasteiger partial charge in [-0.1, -0.05) is 36.4 Å². The Morgan fingerprint density at radius 3 is 2.47 bits per heavy atom. The zero-order valence-electron chi connectivity index (χ0n) is 9.49. The lowest BCUT2D eigenvalue weighted by molar-refractivity contribution is -0.484. The van der Waals surface area contributed by atoms with E-state index < -0.39 is 0 Å². The molecule has 1 aromatic carbocycles. The van der Waals surface area contributed by atoms with Crippen molar-refractivity contribution in [1.29, 1.82) is 0 Å². The third kappa shape index (κ3) is 3.83. The zero-order chi connectivity index (χ0) is 12.7. The maximum absolute atomic E-state index is 11.0. The van der Waals surface area contributed by atoms with Crippen molar-refractivity contribution in [2.75, 3.05) is 6.54 Å². The molecule has 0 heterocycles. The van der Waals surface area contributed by atoms with E-state index in [0.717, 1.165) is 11.8 Å². The molecule has 0 aromatic heterocycles. The molecule has 0 aliphatic rings. The first-order valence-electron chi connectivity index (χ1n) is 5.42. The summed E-state index contributed by atoms with van der Waals surface area (Å²) in [7, 11) is 0. The Kier molecular flexibility index (Phi) is 5.07. The van der Waals surface area contributed by atoms with Crippen LogP contribution < -0.4 is 0 Å². The van der Waals surface area contributed by atoms with Crippen LogP contribution in [0.1, 0.15) is 17.9 Å². The summed E-state index contributed by atoms with van der Waals surface area (Å²) in [6.07, 6.45) is 2.86. The average molecular weight is 233 g/mol. The number of carbonyl (C=O) groups is 1. The second kappa shape index (κ2) is 6.58. The summed E-state index contributed by atoms with van der Waals surface area (Å²) in [6, 6.07) is 9.10. The third-order valence-electron chi connectivity index (χ3n) is 2.70. The first-order chi connectivity index (χ1) is 8.19. The van der Waals surface area contributed by atoms with E-state index in [0.29, 0.717) is 6.42 Å². The molecular formula is C13H15NO3. The molecule has 0 aliphatic carbocycles. The molecule has 17 heavy (non-hydrogen) atoms. The minimum atomic E-state index is -0.389. The van der Waals surface area contributed by atoms with Gasteiger partial charge in [-0.3, -0.25) is 10.1 Å². The van der Waals surface area contributed by atoms with Gasteiger partial charge in [0.2, 0.25) is 6.54 Å². The van der Waals surface area contributed by atoms with Gasteiger partial charge in [0.1, 0.15) is 6.29 Å². The Labute approximate surface area is 100 Å². The summed E-state index contributed by atoms with van der Waals surface area (Å²) < 4.78 is 0. The number of nitro groups is 1. The van der Waals surface area contributed by atoms with Gasteiger partial charge in [0, 0.05) is 10.8 Å². The maximum Gasteiger partial charge on any atom is 0.211 e. The lowest BCUT2D eigenvalue weighted by Crippen LogP contribution is -2.22. The maximum atomic E-state index is 11.0. The van der Waals surface area contributed by atoms with Crippen molar-refractivity contribution in [2.24, 2.45) is 5.92 Å². The quantitative estimate of drug-likeness (QED) is 0.314. The number of rotatable bonds is 7. The standard InChI is InChI=1S/C13H15NO3/c1-2-6-12(10-15)13(9-14(16)17)11-7-4-3-5-8-11/h2-5,7-8,10,12-13H,1,6,9H2. The highest BCUT2D eigenvalue weighted by molar-refractivity contribution is 5.56. The van der Waals surface area contributed by atoms with Gasteiger partial charge in [-0.15, -0.1) is 6.58 Å². The van der Waals surface area contributed by atoms with E-state index in [9.17, 15) is 14.9 Å². The van der Waals surface area contributed by atoms with Gasteiger partial charge >= 0.3 is 0 Å². The third-order valence-corrected chi connectivity index (χ3v) is 2.70. The minimum absolute atomic E-state index is 0.235. The van der Waals surface area contributed by atoms with Crippen molar-refractivity contribution in [3.8, 4) is 0 Å². The highest BCUT2D eigenvalue weighted by Crippen LogP contribution is 2.26. The van der Waals surface area contributed by atoms with E-state index >= 15 is 0 Å². The number of carbonyl (C=O) groups excluding carboxylic acids is 1. The first kappa shape index (κ1) is 13.1. The van der Waals surface area contributed by atoms with Gasteiger partial charge in [0.25, 0.3) is 0 Å². The number of hydrogen-bond acceptors (Lipinski definition) is 3. The molecule has 4 heteroatoms. The molecule has 90 valence electrons. The molecule has 0 amide bonds. The monoisotopic (exact) mass is 233 g/mol. The second-order valence-corrected chi connectivity index (χ2v) is 3.86. The van der Waals surface area contributed by atoms with E-state index in [-0.39, 0.29) is 23.3 Å². The number of hydrogen-bond donors (Lipinski definition) is 0. The van der Waals surface area contributed by atoms with Gasteiger partial charge in [-0.2, -0.15) is 0 Å². The molecule has 0 spiro atoms. The van der Waals surface area contributed by atoms with Gasteiger partial charge in [0.15, 0.2) is 0 Å². The lowest BCUT2D eigenvalue weighted by Gasteiger charge is -2.18. The molecule has 2 unspecified atom stereocenters. The SMILES string of the molecule is C=CCC(C=O)C(C[N+](=O)[O-])c1ccccc1. The first-order valence-corrected chi connectivity index (χ1v) is 5.42. The van der Waals surface area contributed by atoms with E-state index in [1.807, 2.05) is 30.3 Å². The molecule has 0 N–H and O–H groups in total. The largest absolute Gasteiger partial charge is 0.303 e. The number of allylic oxidation sites excluding steroid dienone is 1. The number of benzene rings is 1. The second-order valence-electron chi connectivity index (χ2n) is 3.86. The summed E-state index contributed by atoms with van der Waals surface area (Å²) in [5.41, 5.74) is 0.822. The van der Waals surface area contributed by atoms with Crippen LogP contribution in [0.3, 0.4) is 0 Å². The summed E-state index contributed by atoms with van der Waals surface area (Å²) in [6.45, 7) is 3.34. The Balaban J connectivity index is 2.97. The minimum Gasteiger partial charge on any atom is -0.303 e. The van der Waals surface area contributed by atoms with Crippen molar-refractivity contribution in [2.45, 2.75) is 12.3 Å². The van der Waals surface area contributed by atoms with E-state index in [2.05, 4.69) is 6.58 Å². The summed E-state index contributed by atoms with van der Waals surface area (Å²) >= 11 is 0. The molecular weight excluding hydrogens is 218 g/mol.